The van der Waals surface area contributed by atoms with Crippen LogP contribution in [0.15, 0.2) is 48.5 Å². The van der Waals surface area contributed by atoms with Gasteiger partial charge in [-0.05, 0) is 61.4 Å². The molecule has 0 spiro atoms. The van der Waals surface area contributed by atoms with E-state index in [9.17, 15) is 4.79 Å². The fraction of sp³-hybridized carbons (Fsp3) is 0.316. The van der Waals surface area contributed by atoms with Gasteiger partial charge in [0.2, 0.25) is 0 Å². The van der Waals surface area contributed by atoms with E-state index in [0.29, 0.717) is 17.4 Å². The molecule has 1 aliphatic carbocycles. The van der Waals surface area contributed by atoms with E-state index >= 15 is 0 Å². The molecule has 4 heteroatoms. The molecule has 0 radical (unpaired) electrons. The van der Waals surface area contributed by atoms with E-state index in [-0.39, 0.29) is 5.91 Å². The van der Waals surface area contributed by atoms with Crippen LogP contribution >= 0.6 is 0 Å². The first-order valence-corrected chi connectivity index (χ1v) is 7.97. The molecule has 2 aromatic carbocycles. The first-order chi connectivity index (χ1) is 11.2. The second kappa shape index (κ2) is 7.18. The van der Waals surface area contributed by atoms with Gasteiger partial charge in [-0.1, -0.05) is 12.8 Å². The van der Waals surface area contributed by atoms with Crippen LogP contribution in [0.25, 0.3) is 0 Å². The number of carbonyl (C=O) groups is 1. The predicted molar refractivity (Wildman–Crippen MR) is 89.2 cm³/mol. The maximum absolute atomic E-state index is 12.2. The highest BCUT2D eigenvalue weighted by atomic mass is 16.5. The second-order valence-electron chi connectivity index (χ2n) is 5.76. The number of carbonyl (C=O) groups excluding carboxylic acids is 1. The Balaban J connectivity index is 1.60. The van der Waals surface area contributed by atoms with Gasteiger partial charge in [0, 0.05) is 11.6 Å². The fourth-order valence-corrected chi connectivity index (χ4v) is 2.79. The first-order valence-electron chi connectivity index (χ1n) is 7.97. The minimum Gasteiger partial charge on any atom is -0.497 e. The highest BCUT2D eigenvalue weighted by molar-refractivity contribution is 5.94. The average molecular weight is 311 g/mol. The third-order valence-electron chi connectivity index (χ3n) is 4.10. The average Bonchev–Trinajstić information content (AvgIpc) is 3.09. The van der Waals surface area contributed by atoms with Crippen LogP contribution in [0.1, 0.15) is 36.0 Å². The number of hydrogen-bond acceptors (Lipinski definition) is 3. The van der Waals surface area contributed by atoms with Gasteiger partial charge in [-0.3, -0.25) is 4.79 Å². The number of hydrogen-bond donors (Lipinski definition) is 1. The van der Waals surface area contributed by atoms with Crippen molar-refractivity contribution in [3.8, 4) is 17.2 Å². The maximum Gasteiger partial charge on any atom is 0.251 e. The van der Waals surface area contributed by atoms with Gasteiger partial charge in [-0.15, -0.1) is 0 Å². The van der Waals surface area contributed by atoms with E-state index in [1.807, 2.05) is 36.4 Å². The van der Waals surface area contributed by atoms with Gasteiger partial charge in [0.25, 0.3) is 5.91 Å². The van der Waals surface area contributed by atoms with Crippen molar-refractivity contribution in [3.63, 3.8) is 0 Å². The maximum atomic E-state index is 12.2. The molecule has 1 amide bonds. The molecule has 1 N–H and O–H groups in total. The third-order valence-corrected chi connectivity index (χ3v) is 4.10. The Hall–Kier alpha value is -2.49. The van der Waals surface area contributed by atoms with Gasteiger partial charge in [0.1, 0.15) is 17.2 Å². The molecule has 1 aliphatic rings. The van der Waals surface area contributed by atoms with Crippen LogP contribution < -0.4 is 14.8 Å². The molecule has 120 valence electrons. The molecule has 0 unspecified atom stereocenters. The van der Waals surface area contributed by atoms with E-state index in [1.54, 1.807) is 19.2 Å². The number of amides is 1. The second-order valence-corrected chi connectivity index (χ2v) is 5.76. The minimum absolute atomic E-state index is 0.00658. The van der Waals surface area contributed by atoms with Gasteiger partial charge >= 0.3 is 0 Å². The number of nitrogens with one attached hydrogen (secondary N) is 1. The van der Waals surface area contributed by atoms with Crippen molar-refractivity contribution in [1.29, 1.82) is 0 Å². The topological polar surface area (TPSA) is 47.6 Å². The molecule has 2 aromatic rings. The van der Waals surface area contributed by atoms with Gasteiger partial charge in [-0.2, -0.15) is 0 Å². The molecule has 0 aliphatic heterocycles. The molecule has 1 fully saturated rings. The highest BCUT2D eigenvalue weighted by Gasteiger charge is 2.17. The largest absolute Gasteiger partial charge is 0.497 e. The zero-order valence-corrected chi connectivity index (χ0v) is 13.2. The van der Waals surface area contributed by atoms with Gasteiger partial charge < -0.3 is 14.8 Å². The molecule has 3 rings (SSSR count). The molecule has 0 heterocycles. The molecule has 0 saturated heterocycles. The van der Waals surface area contributed by atoms with Crippen LogP contribution in [0.3, 0.4) is 0 Å². The van der Waals surface area contributed by atoms with Crippen LogP contribution in [-0.2, 0) is 0 Å². The lowest BCUT2D eigenvalue weighted by Gasteiger charge is -2.12. The molecule has 23 heavy (non-hydrogen) atoms. The molecule has 0 bridgehead atoms. The fourth-order valence-electron chi connectivity index (χ4n) is 2.79. The molecular weight excluding hydrogens is 290 g/mol. The summed E-state index contributed by atoms with van der Waals surface area (Å²) in [6, 6.07) is 14.9. The summed E-state index contributed by atoms with van der Waals surface area (Å²) < 4.78 is 10.9. The van der Waals surface area contributed by atoms with Crippen molar-refractivity contribution in [2.45, 2.75) is 31.7 Å². The lowest BCUT2D eigenvalue weighted by Crippen LogP contribution is -2.32. The standard InChI is InChI=1S/C19H21NO3/c1-22-16-10-12-18(13-11-16)23-17-8-6-14(7-9-17)19(21)20-15-4-2-3-5-15/h6-13,15H,2-5H2,1H3,(H,20,21). The van der Waals surface area contributed by atoms with E-state index in [1.165, 1.54) is 12.8 Å². The summed E-state index contributed by atoms with van der Waals surface area (Å²) in [5, 5.41) is 3.08. The quantitative estimate of drug-likeness (QED) is 0.902. The number of rotatable bonds is 5. The third kappa shape index (κ3) is 4.03. The lowest BCUT2D eigenvalue weighted by atomic mass is 10.1. The van der Waals surface area contributed by atoms with Crippen molar-refractivity contribution < 1.29 is 14.3 Å². The van der Waals surface area contributed by atoms with Crippen molar-refractivity contribution in [3.05, 3.63) is 54.1 Å². The summed E-state index contributed by atoms with van der Waals surface area (Å²) in [5.74, 6) is 2.21. The Morgan fingerprint density at radius 1 is 0.913 bits per heavy atom. The molecule has 0 aromatic heterocycles. The van der Waals surface area contributed by atoms with Gasteiger partial charge in [-0.25, -0.2) is 0 Å². The summed E-state index contributed by atoms with van der Waals surface area (Å²) >= 11 is 0. The van der Waals surface area contributed by atoms with Crippen LogP contribution in [0.2, 0.25) is 0 Å². The Bertz CT molecular complexity index is 643. The Kier molecular flexibility index (Phi) is 4.81. The van der Waals surface area contributed by atoms with Crippen LogP contribution in [0.5, 0.6) is 17.2 Å². The van der Waals surface area contributed by atoms with Gasteiger partial charge in [0.15, 0.2) is 0 Å². The van der Waals surface area contributed by atoms with E-state index in [2.05, 4.69) is 5.32 Å². The first kappa shape index (κ1) is 15.4. The Morgan fingerprint density at radius 3 is 2.00 bits per heavy atom. The summed E-state index contributed by atoms with van der Waals surface area (Å²) in [5.41, 5.74) is 0.666. The lowest BCUT2D eigenvalue weighted by molar-refractivity contribution is 0.0938. The summed E-state index contributed by atoms with van der Waals surface area (Å²) in [6.45, 7) is 0. The number of methoxy groups -OCH3 is 1. The molecule has 0 atom stereocenters. The zero-order valence-electron chi connectivity index (χ0n) is 13.2. The summed E-state index contributed by atoms with van der Waals surface area (Å²) in [4.78, 5) is 12.2. The Morgan fingerprint density at radius 2 is 1.43 bits per heavy atom. The summed E-state index contributed by atoms with van der Waals surface area (Å²) in [6.07, 6.45) is 4.59. The van der Waals surface area contributed by atoms with Crippen molar-refractivity contribution in [2.24, 2.45) is 0 Å². The monoisotopic (exact) mass is 311 g/mol. The minimum atomic E-state index is -0.00658. The van der Waals surface area contributed by atoms with Gasteiger partial charge in [0.05, 0.1) is 7.11 Å². The smallest absolute Gasteiger partial charge is 0.251 e. The number of benzene rings is 2. The number of ether oxygens (including phenoxy) is 2. The SMILES string of the molecule is COc1ccc(Oc2ccc(C(=O)NC3CCCC3)cc2)cc1. The highest BCUT2D eigenvalue weighted by Crippen LogP contribution is 2.24. The van der Waals surface area contributed by atoms with Crippen LogP contribution in [0.4, 0.5) is 0 Å². The summed E-state index contributed by atoms with van der Waals surface area (Å²) in [7, 11) is 1.63. The van der Waals surface area contributed by atoms with E-state index < -0.39 is 0 Å². The van der Waals surface area contributed by atoms with Crippen molar-refractivity contribution >= 4 is 5.91 Å². The zero-order chi connectivity index (χ0) is 16.1. The molecular formula is C19H21NO3. The predicted octanol–water partition coefficient (Wildman–Crippen LogP) is 4.16. The van der Waals surface area contributed by atoms with Crippen molar-refractivity contribution in [2.75, 3.05) is 7.11 Å². The normalized spacial score (nSPS) is 14.5. The van der Waals surface area contributed by atoms with Crippen LogP contribution in [0, 0.1) is 0 Å². The van der Waals surface area contributed by atoms with Crippen molar-refractivity contribution in [1.82, 2.24) is 5.32 Å². The molecule has 1 saturated carbocycles. The van der Waals surface area contributed by atoms with E-state index in [0.717, 1.165) is 24.3 Å². The van der Waals surface area contributed by atoms with Crippen LogP contribution in [-0.4, -0.2) is 19.1 Å². The Labute approximate surface area is 136 Å². The molecule has 4 nitrogen and oxygen atoms in total. The van der Waals surface area contributed by atoms with E-state index in [4.69, 9.17) is 9.47 Å².